The zero-order valence-corrected chi connectivity index (χ0v) is 12.7. The number of nitrogens with zero attached hydrogens (tertiary/aromatic N) is 1. The standard InChI is InChI=1S/C15H22N2OS/c1-4-9-18-13-7-5-12(6-8-13)17-15-16-10-14(19-15)11(2)3/h5-8,11,14H,4,9-10H2,1-3H3,(H,16,17). The molecule has 0 amide bonds. The van der Waals surface area contributed by atoms with E-state index < -0.39 is 0 Å². The van der Waals surface area contributed by atoms with Crippen molar-refractivity contribution in [1.82, 2.24) is 0 Å². The van der Waals surface area contributed by atoms with Crippen molar-refractivity contribution in [1.29, 1.82) is 0 Å². The highest BCUT2D eigenvalue weighted by atomic mass is 32.2. The van der Waals surface area contributed by atoms with Gasteiger partial charge in [0.05, 0.1) is 13.2 Å². The molecule has 1 atom stereocenters. The van der Waals surface area contributed by atoms with Crippen LogP contribution >= 0.6 is 11.8 Å². The highest BCUT2D eigenvalue weighted by Crippen LogP contribution is 2.28. The Morgan fingerprint density at radius 1 is 1.37 bits per heavy atom. The van der Waals surface area contributed by atoms with Crippen LogP contribution in [0.1, 0.15) is 27.2 Å². The van der Waals surface area contributed by atoms with E-state index in [9.17, 15) is 0 Å². The molecule has 0 spiro atoms. The monoisotopic (exact) mass is 278 g/mol. The second-order valence-electron chi connectivity index (χ2n) is 5.04. The summed E-state index contributed by atoms with van der Waals surface area (Å²) in [4.78, 5) is 4.54. The number of ether oxygens (including phenoxy) is 1. The van der Waals surface area contributed by atoms with Crippen molar-refractivity contribution in [2.45, 2.75) is 32.4 Å². The molecule has 0 saturated heterocycles. The van der Waals surface area contributed by atoms with Gasteiger partial charge < -0.3 is 10.1 Å². The van der Waals surface area contributed by atoms with Gasteiger partial charge in [0, 0.05) is 10.9 Å². The number of anilines is 1. The second-order valence-corrected chi connectivity index (χ2v) is 6.27. The Morgan fingerprint density at radius 3 is 2.68 bits per heavy atom. The predicted octanol–water partition coefficient (Wildman–Crippen LogP) is 4.01. The second kappa shape index (κ2) is 6.85. The summed E-state index contributed by atoms with van der Waals surface area (Å²) in [6.07, 6.45) is 1.03. The fourth-order valence-corrected chi connectivity index (χ4v) is 2.82. The molecule has 0 bridgehead atoms. The van der Waals surface area contributed by atoms with Gasteiger partial charge in [-0.15, -0.1) is 0 Å². The van der Waals surface area contributed by atoms with Crippen LogP contribution in [0.4, 0.5) is 5.69 Å². The Balaban J connectivity index is 1.87. The van der Waals surface area contributed by atoms with Gasteiger partial charge in [-0.2, -0.15) is 0 Å². The van der Waals surface area contributed by atoms with Crippen LogP contribution in [0.5, 0.6) is 5.75 Å². The number of nitrogens with one attached hydrogen (secondary N) is 1. The van der Waals surface area contributed by atoms with Gasteiger partial charge in [-0.3, -0.25) is 4.99 Å². The molecular weight excluding hydrogens is 256 g/mol. The van der Waals surface area contributed by atoms with Gasteiger partial charge in [0.1, 0.15) is 5.75 Å². The lowest BCUT2D eigenvalue weighted by Crippen LogP contribution is -2.13. The molecule has 0 radical (unpaired) electrons. The highest BCUT2D eigenvalue weighted by Gasteiger charge is 2.22. The quantitative estimate of drug-likeness (QED) is 0.883. The zero-order valence-electron chi connectivity index (χ0n) is 11.8. The topological polar surface area (TPSA) is 33.6 Å². The first-order chi connectivity index (χ1) is 9.19. The maximum absolute atomic E-state index is 5.57. The van der Waals surface area contributed by atoms with Gasteiger partial charge in [-0.1, -0.05) is 32.5 Å². The van der Waals surface area contributed by atoms with E-state index in [0.29, 0.717) is 11.2 Å². The number of thioether (sulfide) groups is 1. The van der Waals surface area contributed by atoms with E-state index in [1.807, 2.05) is 36.0 Å². The molecule has 19 heavy (non-hydrogen) atoms. The minimum absolute atomic E-state index is 0.606. The molecule has 1 aromatic carbocycles. The van der Waals surface area contributed by atoms with E-state index >= 15 is 0 Å². The molecular formula is C15H22N2OS. The molecule has 1 aromatic rings. The average molecular weight is 278 g/mol. The Labute approximate surface area is 119 Å². The Morgan fingerprint density at radius 2 is 2.11 bits per heavy atom. The molecule has 104 valence electrons. The molecule has 1 aliphatic rings. The van der Waals surface area contributed by atoms with Gasteiger partial charge >= 0.3 is 0 Å². The van der Waals surface area contributed by atoms with Crippen molar-refractivity contribution in [3.8, 4) is 5.75 Å². The zero-order chi connectivity index (χ0) is 13.7. The van der Waals surface area contributed by atoms with Gasteiger partial charge in [-0.05, 0) is 36.6 Å². The third kappa shape index (κ3) is 4.16. The Hall–Kier alpha value is -1.16. The highest BCUT2D eigenvalue weighted by molar-refractivity contribution is 8.15. The number of hydrogen-bond acceptors (Lipinski definition) is 4. The van der Waals surface area contributed by atoms with Crippen molar-refractivity contribution in [3.05, 3.63) is 24.3 Å². The molecule has 2 rings (SSSR count). The summed E-state index contributed by atoms with van der Waals surface area (Å²) in [5, 5.41) is 5.00. The third-order valence-corrected chi connectivity index (χ3v) is 4.45. The molecule has 3 nitrogen and oxygen atoms in total. The van der Waals surface area contributed by atoms with Crippen LogP contribution < -0.4 is 10.1 Å². The van der Waals surface area contributed by atoms with E-state index in [-0.39, 0.29) is 0 Å². The average Bonchev–Trinajstić information content (AvgIpc) is 2.87. The van der Waals surface area contributed by atoms with E-state index in [4.69, 9.17) is 4.74 Å². The van der Waals surface area contributed by atoms with Crippen LogP contribution in [0.15, 0.2) is 29.3 Å². The maximum Gasteiger partial charge on any atom is 0.161 e. The predicted molar refractivity (Wildman–Crippen MR) is 84.4 cm³/mol. The lowest BCUT2D eigenvalue weighted by Gasteiger charge is -2.12. The minimum atomic E-state index is 0.606. The van der Waals surface area contributed by atoms with E-state index in [1.54, 1.807) is 0 Å². The number of aliphatic imine (C=N–C) groups is 1. The summed E-state index contributed by atoms with van der Waals surface area (Å²) in [5.74, 6) is 1.59. The summed E-state index contributed by atoms with van der Waals surface area (Å²) in [7, 11) is 0. The first kappa shape index (κ1) is 14.3. The number of amidine groups is 1. The number of rotatable bonds is 5. The minimum Gasteiger partial charge on any atom is -0.494 e. The largest absolute Gasteiger partial charge is 0.494 e. The fraction of sp³-hybridized carbons (Fsp3) is 0.533. The van der Waals surface area contributed by atoms with Gasteiger partial charge in [-0.25, -0.2) is 0 Å². The van der Waals surface area contributed by atoms with Crippen molar-refractivity contribution in [2.24, 2.45) is 10.9 Å². The first-order valence-electron chi connectivity index (χ1n) is 6.90. The van der Waals surface area contributed by atoms with Crippen molar-refractivity contribution >= 4 is 22.6 Å². The summed E-state index contributed by atoms with van der Waals surface area (Å²) in [6.45, 7) is 8.29. The van der Waals surface area contributed by atoms with E-state index in [2.05, 4.69) is 31.1 Å². The molecule has 1 heterocycles. The molecule has 0 aliphatic carbocycles. The normalized spacial score (nSPS) is 18.5. The lowest BCUT2D eigenvalue weighted by atomic mass is 10.1. The SMILES string of the molecule is CCCOc1ccc(NC2=NCC(C(C)C)S2)cc1. The van der Waals surface area contributed by atoms with E-state index in [1.165, 1.54) is 0 Å². The lowest BCUT2D eigenvalue weighted by molar-refractivity contribution is 0.317. The summed E-state index contributed by atoms with van der Waals surface area (Å²) < 4.78 is 5.57. The molecule has 4 heteroatoms. The van der Waals surface area contributed by atoms with Crippen LogP contribution in [0.3, 0.4) is 0 Å². The van der Waals surface area contributed by atoms with Crippen molar-refractivity contribution < 1.29 is 4.74 Å². The summed E-state index contributed by atoms with van der Waals surface area (Å²) in [6, 6.07) is 8.07. The summed E-state index contributed by atoms with van der Waals surface area (Å²) >= 11 is 1.84. The Kier molecular flexibility index (Phi) is 5.14. The molecule has 0 saturated carbocycles. The van der Waals surface area contributed by atoms with Crippen molar-refractivity contribution in [2.75, 3.05) is 18.5 Å². The van der Waals surface area contributed by atoms with Gasteiger partial charge in [0.15, 0.2) is 5.17 Å². The maximum atomic E-state index is 5.57. The molecule has 1 unspecified atom stereocenters. The number of hydrogen-bond donors (Lipinski definition) is 1. The first-order valence-corrected chi connectivity index (χ1v) is 7.78. The van der Waals surface area contributed by atoms with Crippen molar-refractivity contribution in [3.63, 3.8) is 0 Å². The molecule has 0 fully saturated rings. The van der Waals surface area contributed by atoms with Gasteiger partial charge in [0.25, 0.3) is 0 Å². The van der Waals surface area contributed by atoms with Gasteiger partial charge in [0.2, 0.25) is 0 Å². The molecule has 0 aromatic heterocycles. The fourth-order valence-electron chi connectivity index (χ4n) is 1.78. The van der Waals surface area contributed by atoms with Crippen LogP contribution in [0.25, 0.3) is 0 Å². The third-order valence-electron chi connectivity index (χ3n) is 3.00. The van der Waals surface area contributed by atoms with Crippen LogP contribution in [0, 0.1) is 5.92 Å². The van der Waals surface area contributed by atoms with Crippen LogP contribution in [-0.2, 0) is 0 Å². The summed E-state index contributed by atoms with van der Waals surface area (Å²) in [5.41, 5.74) is 1.07. The smallest absolute Gasteiger partial charge is 0.161 e. The molecule has 1 N–H and O–H groups in total. The van der Waals surface area contributed by atoms with Crippen LogP contribution in [-0.4, -0.2) is 23.6 Å². The van der Waals surface area contributed by atoms with Crippen LogP contribution in [0.2, 0.25) is 0 Å². The van der Waals surface area contributed by atoms with E-state index in [0.717, 1.165) is 36.2 Å². The Bertz CT molecular complexity index is 428. The molecule has 1 aliphatic heterocycles. The number of benzene rings is 1.